The normalized spacial score (nSPS) is 32.8. The van der Waals surface area contributed by atoms with Gasteiger partial charge in [0, 0.05) is 12.5 Å². The van der Waals surface area contributed by atoms with Gasteiger partial charge in [-0.2, -0.15) is 0 Å². The van der Waals surface area contributed by atoms with Gasteiger partial charge in [-0.1, -0.05) is 32.6 Å². The molecule has 0 aromatic carbocycles. The van der Waals surface area contributed by atoms with E-state index in [2.05, 4.69) is 6.92 Å². The van der Waals surface area contributed by atoms with Crippen molar-refractivity contribution >= 4 is 5.97 Å². The maximum Gasteiger partial charge on any atom is 0.330 e. The van der Waals surface area contributed by atoms with Crippen molar-refractivity contribution in [1.29, 1.82) is 0 Å². The molecule has 3 N–H and O–H groups in total. The molecule has 1 rings (SSSR count). The number of hydrogen-bond acceptors (Lipinski definition) is 5. The summed E-state index contributed by atoms with van der Waals surface area (Å²) in [5, 5.41) is 29.5. The molecule has 0 aromatic rings. The second kappa shape index (κ2) is 11.6. The Morgan fingerprint density at radius 3 is 2.61 bits per heavy atom. The third-order valence-electron chi connectivity index (χ3n) is 4.31. The van der Waals surface area contributed by atoms with Crippen LogP contribution in [0, 0.1) is 0 Å². The van der Waals surface area contributed by atoms with Gasteiger partial charge in [-0.15, -0.1) is 0 Å². The highest BCUT2D eigenvalue weighted by molar-refractivity contribution is 5.82. The summed E-state index contributed by atoms with van der Waals surface area (Å²) < 4.78 is 5.48. The first-order valence-corrected chi connectivity index (χ1v) is 8.96. The molecule has 5 nitrogen and oxygen atoms in total. The number of hydrogen-bond donors (Lipinski definition) is 3. The molecule has 1 aliphatic heterocycles. The molecular weight excluding hydrogens is 296 g/mol. The van der Waals surface area contributed by atoms with Crippen LogP contribution >= 0.6 is 0 Å². The van der Waals surface area contributed by atoms with Gasteiger partial charge in [-0.3, -0.25) is 0 Å². The largest absolute Gasteiger partial charge is 0.459 e. The molecule has 134 valence electrons. The number of ether oxygens (including phenoxy) is 1. The molecule has 4 unspecified atom stereocenters. The van der Waals surface area contributed by atoms with E-state index in [9.17, 15) is 20.1 Å². The summed E-state index contributed by atoms with van der Waals surface area (Å²) >= 11 is 0. The fraction of sp³-hybridized carbons (Fsp3) is 0.833. The van der Waals surface area contributed by atoms with Gasteiger partial charge in [-0.05, 0) is 38.2 Å². The molecule has 5 heteroatoms. The summed E-state index contributed by atoms with van der Waals surface area (Å²) in [7, 11) is 0. The first kappa shape index (κ1) is 20.1. The van der Waals surface area contributed by atoms with Crippen LogP contribution < -0.4 is 0 Å². The number of carbonyl (C=O) groups excluding carboxylic acids is 1. The SMILES string of the molecule is CCCCCC1CCCCCC(O)CC(O)C(O)/C=C\C(=O)O1. The Hall–Kier alpha value is -0.910. The van der Waals surface area contributed by atoms with Crippen molar-refractivity contribution < 1.29 is 24.9 Å². The third kappa shape index (κ3) is 9.08. The molecule has 1 heterocycles. The van der Waals surface area contributed by atoms with Crippen molar-refractivity contribution in [3.05, 3.63) is 12.2 Å². The van der Waals surface area contributed by atoms with E-state index in [1.165, 1.54) is 12.2 Å². The van der Waals surface area contributed by atoms with E-state index in [1.54, 1.807) is 0 Å². The highest BCUT2D eigenvalue weighted by atomic mass is 16.5. The zero-order valence-electron chi connectivity index (χ0n) is 14.2. The highest BCUT2D eigenvalue weighted by Gasteiger charge is 2.19. The molecule has 0 radical (unpaired) electrons. The van der Waals surface area contributed by atoms with Crippen LogP contribution in [-0.2, 0) is 9.53 Å². The third-order valence-corrected chi connectivity index (χ3v) is 4.31. The monoisotopic (exact) mass is 328 g/mol. The molecule has 0 bridgehead atoms. The predicted octanol–water partition coefficient (Wildman–Crippen LogP) is 2.47. The average molecular weight is 328 g/mol. The topological polar surface area (TPSA) is 87.0 Å². The number of carbonyl (C=O) groups is 1. The van der Waals surface area contributed by atoms with Crippen LogP contribution in [0.25, 0.3) is 0 Å². The Kier molecular flexibility index (Phi) is 10.2. The fourth-order valence-electron chi connectivity index (χ4n) is 2.86. The van der Waals surface area contributed by atoms with Crippen LogP contribution in [0.4, 0.5) is 0 Å². The van der Waals surface area contributed by atoms with Crippen molar-refractivity contribution in [1.82, 2.24) is 0 Å². The van der Waals surface area contributed by atoms with E-state index < -0.39 is 24.3 Å². The molecule has 0 aromatic heterocycles. The molecule has 0 saturated carbocycles. The Labute approximate surface area is 139 Å². The van der Waals surface area contributed by atoms with Crippen LogP contribution in [0.3, 0.4) is 0 Å². The predicted molar refractivity (Wildman–Crippen MR) is 88.9 cm³/mol. The summed E-state index contributed by atoms with van der Waals surface area (Å²) in [6, 6.07) is 0. The quantitative estimate of drug-likeness (QED) is 0.545. The number of esters is 1. The van der Waals surface area contributed by atoms with Crippen LogP contribution in [0.2, 0.25) is 0 Å². The van der Waals surface area contributed by atoms with Crippen LogP contribution in [0.1, 0.15) is 71.1 Å². The number of unbranched alkanes of at least 4 members (excludes halogenated alkanes) is 2. The van der Waals surface area contributed by atoms with Crippen molar-refractivity contribution in [2.45, 2.75) is 95.5 Å². The minimum atomic E-state index is -1.17. The standard InChI is InChI=1S/C18H32O5/c1-2-3-5-9-15-10-7-4-6-8-14(19)13-17(21)16(20)11-12-18(22)23-15/h11-12,14-17,19-21H,2-10,13H2,1H3/b12-11-. The van der Waals surface area contributed by atoms with Gasteiger partial charge in [-0.25, -0.2) is 4.79 Å². The maximum absolute atomic E-state index is 11.9. The zero-order valence-corrected chi connectivity index (χ0v) is 14.2. The number of rotatable bonds is 4. The number of aliphatic hydroxyl groups is 3. The van der Waals surface area contributed by atoms with Gasteiger partial charge in [0.05, 0.1) is 18.3 Å². The Balaban J connectivity index is 2.63. The highest BCUT2D eigenvalue weighted by Crippen LogP contribution is 2.18. The molecule has 1 aliphatic rings. The molecule has 0 spiro atoms. The van der Waals surface area contributed by atoms with Crippen molar-refractivity contribution in [3.8, 4) is 0 Å². The lowest BCUT2D eigenvalue weighted by Crippen LogP contribution is -2.29. The van der Waals surface area contributed by atoms with E-state index in [0.29, 0.717) is 6.42 Å². The molecule has 0 saturated heterocycles. The van der Waals surface area contributed by atoms with E-state index in [1.807, 2.05) is 0 Å². The lowest BCUT2D eigenvalue weighted by molar-refractivity contribution is -0.143. The van der Waals surface area contributed by atoms with Gasteiger partial charge in [0.15, 0.2) is 0 Å². The van der Waals surface area contributed by atoms with E-state index in [4.69, 9.17) is 4.74 Å². The van der Waals surface area contributed by atoms with E-state index in [0.717, 1.165) is 51.4 Å². The van der Waals surface area contributed by atoms with Crippen molar-refractivity contribution in [2.75, 3.05) is 0 Å². The van der Waals surface area contributed by atoms with Gasteiger partial charge in [0.25, 0.3) is 0 Å². The van der Waals surface area contributed by atoms with Crippen molar-refractivity contribution in [2.24, 2.45) is 0 Å². The van der Waals surface area contributed by atoms with Gasteiger partial charge in [0.1, 0.15) is 6.10 Å². The molecule has 0 amide bonds. The Bertz CT molecular complexity index is 355. The van der Waals surface area contributed by atoms with Crippen LogP contribution in [-0.4, -0.2) is 45.7 Å². The fourth-order valence-corrected chi connectivity index (χ4v) is 2.86. The summed E-state index contributed by atoms with van der Waals surface area (Å²) in [4.78, 5) is 11.9. The Morgan fingerprint density at radius 1 is 1.13 bits per heavy atom. The molecular formula is C18H32O5. The molecule has 4 atom stereocenters. The molecule has 23 heavy (non-hydrogen) atoms. The average Bonchev–Trinajstić information content (AvgIpc) is 2.51. The molecule has 0 fully saturated rings. The first-order chi connectivity index (χ1) is 11.0. The second-order valence-electron chi connectivity index (χ2n) is 6.50. The van der Waals surface area contributed by atoms with Crippen LogP contribution in [0.5, 0.6) is 0 Å². The maximum atomic E-state index is 11.9. The lowest BCUT2D eigenvalue weighted by atomic mass is 9.99. The summed E-state index contributed by atoms with van der Waals surface area (Å²) in [6.45, 7) is 2.14. The molecule has 0 aliphatic carbocycles. The van der Waals surface area contributed by atoms with Gasteiger partial charge < -0.3 is 20.1 Å². The van der Waals surface area contributed by atoms with E-state index in [-0.39, 0.29) is 12.5 Å². The summed E-state index contributed by atoms with van der Waals surface area (Å²) in [5.41, 5.74) is 0. The second-order valence-corrected chi connectivity index (χ2v) is 6.50. The van der Waals surface area contributed by atoms with E-state index >= 15 is 0 Å². The van der Waals surface area contributed by atoms with Gasteiger partial charge in [0.2, 0.25) is 0 Å². The summed E-state index contributed by atoms with van der Waals surface area (Å²) in [6.07, 6.45) is 8.00. The summed E-state index contributed by atoms with van der Waals surface area (Å²) in [5.74, 6) is -0.477. The minimum Gasteiger partial charge on any atom is -0.459 e. The number of cyclic esters (lactones) is 1. The van der Waals surface area contributed by atoms with Crippen LogP contribution in [0.15, 0.2) is 12.2 Å². The lowest BCUT2D eigenvalue weighted by Gasteiger charge is -2.20. The zero-order chi connectivity index (χ0) is 17.1. The smallest absolute Gasteiger partial charge is 0.330 e. The van der Waals surface area contributed by atoms with Crippen molar-refractivity contribution in [3.63, 3.8) is 0 Å². The Morgan fingerprint density at radius 2 is 1.87 bits per heavy atom. The van der Waals surface area contributed by atoms with Gasteiger partial charge >= 0.3 is 5.97 Å². The minimum absolute atomic E-state index is 0.0892. The number of aliphatic hydroxyl groups excluding tert-OH is 3. The first-order valence-electron chi connectivity index (χ1n) is 8.96.